The number of carbonyl (C=O) groups excluding carboxylic acids is 1. The second kappa shape index (κ2) is 7.23. The summed E-state index contributed by atoms with van der Waals surface area (Å²) in [5.41, 5.74) is 3.04. The molecule has 0 aromatic carbocycles. The van der Waals surface area contributed by atoms with Crippen molar-refractivity contribution in [3.05, 3.63) is 23.3 Å². The molecular formula is C15H23ClN6O. The second-order valence-electron chi connectivity index (χ2n) is 5.87. The lowest BCUT2D eigenvalue weighted by molar-refractivity contribution is -0.133. The average Bonchev–Trinajstić information content (AvgIpc) is 2.95. The minimum atomic E-state index is 0. The van der Waals surface area contributed by atoms with Gasteiger partial charge in [-0.25, -0.2) is 9.50 Å². The van der Waals surface area contributed by atoms with E-state index in [9.17, 15) is 4.79 Å². The number of halogens is 1. The van der Waals surface area contributed by atoms with E-state index in [1.807, 2.05) is 18.7 Å². The zero-order valence-corrected chi connectivity index (χ0v) is 14.6. The van der Waals surface area contributed by atoms with Crippen LogP contribution in [0.15, 0.2) is 6.33 Å². The van der Waals surface area contributed by atoms with Crippen molar-refractivity contribution >= 4 is 24.1 Å². The van der Waals surface area contributed by atoms with Gasteiger partial charge in [0.25, 0.3) is 5.78 Å². The molecule has 1 aliphatic heterocycles. The van der Waals surface area contributed by atoms with Gasteiger partial charge in [0, 0.05) is 43.5 Å². The predicted molar refractivity (Wildman–Crippen MR) is 89.9 cm³/mol. The summed E-state index contributed by atoms with van der Waals surface area (Å²) < 4.78 is 1.74. The van der Waals surface area contributed by atoms with Gasteiger partial charge in [-0.05, 0) is 32.8 Å². The van der Waals surface area contributed by atoms with Gasteiger partial charge in [0.2, 0.25) is 5.91 Å². The third kappa shape index (κ3) is 3.45. The first-order valence-electron chi connectivity index (χ1n) is 7.74. The molecule has 1 aliphatic rings. The summed E-state index contributed by atoms with van der Waals surface area (Å²) in [4.78, 5) is 23.0. The number of carbonyl (C=O) groups is 1. The van der Waals surface area contributed by atoms with Gasteiger partial charge in [-0.15, -0.1) is 12.4 Å². The van der Waals surface area contributed by atoms with E-state index in [0.717, 1.165) is 36.6 Å². The summed E-state index contributed by atoms with van der Waals surface area (Å²) in [5.74, 6) is 0.826. The highest BCUT2D eigenvalue weighted by Gasteiger charge is 2.23. The van der Waals surface area contributed by atoms with Gasteiger partial charge in [0.15, 0.2) is 0 Å². The molecule has 7 nitrogen and oxygen atoms in total. The Morgan fingerprint density at radius 2 is 2.22 bits per heavy atom. The zero-order valence-electron chi connectivity index (χ0n) is 13.7. The number of piperazine rings is 1. The maximum absolute atomic E-state index is 12.5. The Morgan fingerprint density at radius 1 is 1.43 bits per heavy atom. The van der Waals surface area contributed by atoms with Crippen LogP contribution in [0.5, 0.6) is 0 Å². The van der Waals surface area contributed by atoms with E-state index in [2.05, 4.69) is 27.3 Å². The maximum Gasteiger partial charge on any atom is 0.252 e. The highest BCUT2D eigenvalue weighted by molar-refractivity contribution is 5.85. The van der Waals surface area contributed by atoms with Crippen molar-refractivity contribution in [2.75, 3.05) is 19.6 Å². The molecule has 1 amide bonds. The highest BCUT2D eigenvalue weighted by atomic mass is 35.5. The van der Waals surface area contributed by atoms with Gasteiger partial charge in [-0.2, -0.15) is 10.1 Å². The lowest BCUT2D eigenvalue weighted by Crippen LogP contribution is -2.52. The van der Waals surface area contributed by atoms with Gasteiger partial charge >= 0.3 is 0 Å². The van der Waals surface area contributed by atoms with E-state index in [1.165, 1.54) is 6.33 Å². The molecule has 8 heteroatoms. The van der Waals surface area contributed by atoms with E-state index in [4.69, 9.17) is 0 Å². The van der Waals surface area contributed by atoms with Gasteiger partial charge < -0.3 is 10.2 Å². The van der Waals surface area contributed by atoms with Crippen LogP contribution in [-0.2, 0) is 11.2 Å². The normalized spacial score (nSPS) is 18.0. The van der Waals surface area contributed by atoms with Crippen LogP contribution in [0.3, 0.4) is 0 Å². The topological polar surface area (TPSA) is 75.4 Å². The van der Waals surface area contributed by atoms with Crippen LogP contribution in [0.1, 0.15) is 30.3 Å². The molecule has 1 N–H and O–H groups in total. The molecule has 3 heterocycles. The smallest absolute Gasteiger partial charge is 0.252 e. The number of fused-ring (bicyclic) bond motifs is 1. The molecule has 0 unspecified atom stereocenters. The fourth-order valence-corrected chi connectivity index (χ4v) is 3.10. The SMILES string of the molecule is Cc1nc2ncnn2c(C)c1CCC(=O)N1CCNC[C@H]1C.Cl. The summed E-state index contributed by atoms with van der Waals surface area (Å²) in [6.45, 7) is 8.59. The standard InChI is InChI=1S/C15H22N6O.ClH/c1-10-8-16-6-7-20(10)14(22)5-4-13-11(2)19-15-17-9-18-21(15)12(13)3;/h9-10,16H,4-8H2,1-3H3;1H/t10-;/m1./s1. The largest absolute Gasteiger partial charge is 0.337 e. The average molecular weight is 339 g/mol. The van der Waals surface area contributed by atoms with Crippen molar-refractivity contribution in [2.45, 2.75) is 39.7 Å². The molecular weight excluding hydrogens is 316 g/mol. The third-order valence-corrected chi connectivity index (χ3v) is 4.40. The highest BCUT2D eigenvalue weighted by Crippen LogP contribution is 2.16. The van der Waals surface area contributed by atoms with Crippen molar-refractivity contribution in [1.82, 2.24) is 29.8 Å². The molecule has 3 rings (SSSR count). The Morgan fingerprint density at radius 3 is 2.96 bits per heavy atom. The van der Waals surface area contributed by atoms with Gasteiger partial charge in [0.05, 0.1) is 0 Å². The molecule has 2 aromatic heterocycles. The van der Waals surface area contributed by atoms with E-state index in [1.54, 1.807) is 4.52 Å². The number of rotatable bonds is 3. The van der Waals surface area contributed by atoms with Crippen LogP contribution in [-0.4, -0.2) is 56.1 Å². The van der Waals surface area contributed by atoms with Crippen molar-refractivity contribution in [3.8, 4) is 0 Å². The third-order valence-electron chi connectivity index (χ3n) is 4.40. The number of hydrogen-bond acceptors (Lipinski definition) is 5. The van der Waals surface area contributed by atoms with Gasteiger partial charge in [0.1, 0.15) is 6.33 Å². The van der Waals surface area contributed by atoms with Crippen LogP contribution in [0.2, 0.25) is 0 Å². The summed E-state index contributed by atoms with van der Waals surface area (Å²) in [7, 11) is 0. The van der Waals surface area contributed by atoms with Crippen LogP contribution in [0, 0.1) is 13.8 Å². The summed E-state index contributed by atoms with van der Waals surface area (Å²) in [6, 6.07) is 0.263. The number of aryl methyl sites for hydroxylation is 2. The Bertz CT molecular complexity index is 701. The van der Waals surface area contributed by atoms with Gasteiger partial charge in [-0.1, -0.05) is 0 Å². The number of aromatic nitrogens is 4. The lowest BCUT2D eigenvalue weighted by atomic mass is 10.1. The van der Waals surface area contributed by atoms with Crippen molar-refractivity contribution in [2.24, 2.45) is 0 Å². The van der Waals surface area contributed by atoms with Crippen LogP contribution in [0.25, 0.3) is 5.78 Å². The summed E-state index contributed by atoms with van der Waals surface area (Å²) in [6.07, 6.45) is 2.70. The number of amides is 1. The Hall–Kier alpha value is -1.73. The Balaban J connectivity index is 0.00000192. The maximum atomic E-state index is 12.5. The molecule has 1 fully saturated rings. The summed E-state index contributed by atoms with van der Waals surface area (Å²) >= 11 is 0. The number of hydrogen-bond donors (Lipinski definition) is 1. The fourth-order valence-electron chi connectivity index (χ4n) is 3.10. The second-order valence-corrected chi connectivity index (χ2v) is 5.87. The molecule has 126 valence electrons. The monoisotopic (exact) mass is 338 g/mol. The quantitative estimate of drug-likeness (QED) is 0.900. The molecule has 0 radical (unpaired) electrons. The first-order chi connectivity index (χ1) is 10.6. The minimum Gasteiger partial charge on any atom is -0.337 e. The molecule has 0 spiro atoms. The molecule has 0 saturated carbocycles. The van der Waals surface area contributed by atoms with Crippen molar-refractivity contribution in [3.63, 3.8) is 0 Å². The van der Waals surface area contributed by atoms with E-state index < -0.39 is 0 Å². The number of nitrogens with zero attached hydrogens (tertiary/aromatic N) is 5. The predicted octanol–water partition coefficient (Wildman–Crippen LogP) is 0.916. The van der Waals surface area contributed by atoms with E-state index in [0.29, 0.717) is 18.6 Å². The minimum absolute atomic E-state index is 0. The fraction of sp³-hybridized carbons (Fsp3) is 0.600. The molecule has 1 saturated heterocycles. The van der Waals surface area contributed by atoms with Crippen LogP contribution >= 0.6 is 12.4 Å². The molecule has 2 aromatic rings. The lowest BCUT2D eigenvalue weighted by Gasteiger charge is -2.34. The van der Waals surface area contributed by atoms with E-state index in [-0.39, 0.29) is 24.4 Å². The van der Waals surface area contributed by atoms with Crippen molar-refractivity contribution in [1.29, 1.82) is 0 Å². The molecule has 0 aliphatic carbocycles. The zero-order chi connectivity index (χ0) is 15.7. The van der Waals surface area contributed by atoms with Crippen molar-refractivity contribution < 1.29 is 4.79 Å². The van der Waals surface area contributed by atoms with E-state index >= 15 is 0 Å². The molecule has 23 heavy (non-hydrogen) atoms. The number of nitrogens with one attached hydrogen (secondary N) is 1. The van der Waals surface area contributed by atoms with Crippen LogP contribution < -0.4 is 5.32 Å². The molecule has 1 atom stereocenters. The Kier molecular flexibility index (Phi) is 5.54. The summed E-state index contributed by atoms with van der Waals surface area (Å²) in [5, 5.41) is 7.49. The molecule has 0 bridgehead atoms. The van der Waals surface area contributed by atoms with Gasteiger partial charge in [-0.3, -0.25) is 4.79 Å². The van der Waals surface area contributed by atoms with Crippen LogP contribution in [0.4, 0.5) is 0 Å². The first kappa shape index (κ1) is 17.6. The first-order valence-corrected chi connectivity index (χ1v) is 7.74. The Labute approximate surface area is 141 Å².